The molecule has 2 rings (SSSR count). The third-order valence-corrected chi connectivity index (χ3v) is 6.88. The molecule has 158 valence electrons. The van der Waals surface area contributed by atoms with E-state index in [9.17, 15) is 21.6 Å². The number of nitrogens with one attached hydrogen (secondary N) is 1. The van der Waals surface area contributed by atoms with E-state index in [1.54, 1.807) is 37.3 Å². The minimum Gasteiger partial charge on any atom is -0.348 e. The first-order valence-electron chi connectivity index (χ1n) is 8.97. The van der Waals surface area contributed by atoms with Crippen LogP contribution < -0.4 is 9.62 Å². The van der Waals surface area contributed by atoms with Gasteiger partial charge in [-0.05, 0) is 56.2 Å². The lowest BCUT2D eigenvalue weighted by Gasteiger charge is -2.29. The van der Waals surface area contributed by atoms with Crippen molar-refractivity contribution in [1.82, 2.24) is 5.32 Å². The van der Waals surface area contributed by atoms with E-state index in [0.29, 0.717) is 11.3 Å². The van der Waals surface area contributed by atoms with E-state index in [-0.39, 0.29) is 4.90 Å². The zero-order valence-corrected chi connectivity index (χ0v) is 18.7. The Morgan fingerprint density at radius 2 is 1.55 bits per heavy atom. The lowest BCUT2D eigenvalue weighted by molar-refractivity contribution is -0.122. The smallest absolute Gasteiger partial charge is 0.244 e. The van der Waals surface area contributed by atoms with Crippen LogP contribution in [0.25, 0.3) is 0 Å². The van der Waals surface area contributed by atoms with Crippen molar-refractivity contribution in [2.45, 2.75) is 37.8 Å². The quantitative estimate of drug-likeness (QED) is 0.716. The van der Waals surface area contributed by atoms with Crippen molar-refractivity contribution in [3.8, 4) is 0 Å². The molecule has 7 nitrogen and oxygen atoms in total. The Kier molecular flexibility index (Phi) is 6.74. The van der Waals surface area contributed by atoms with Crippen molar-refractivity contribution in [2.75, 3.05) is 16.8 Å². The lowest BCUT2D eigenvalue weighted by atomic mass is 10.1. The fraction of sp³-hybridized carbons (Fsp3) is 0.350. The normalized spacial score (nSPS) is 14.1. The Morgan fingerprint density at radius 3 is 2.03 bits per heavy atom. The van der Waals surface area contributed by atoms with Crippen LogP contribution in [-0.4, -0.2) is 41.3 Å². The molecule has 9 heteroatoms. The molecule has 0 fully saturated rings. The van der Waals surface area contributed by atoms with Crippen molar-refractivity contribution in [3.63, 3.8) is 0 Å². The van der Waals surface area contributed by atoms with E-state index in [1.807, 2.05) is 13.0 Å². The Bertz CT molecular complexity index is 1090. The Morgan fingerprint density at radius 1 is 0.966 bits per heavy atom. The standard InChI is InChI=1S/C20H26N2O5S2/c1-14-7-6-8-18(13-14)22(29(5,26)27)16(3)20(23)21-15(2)17-9-11-19(12-10-17)28(4,24)25/h6-13,15-16H,1-5H3,(H,21,23)/t15-,16+/m0/s1. The van der Waals surface area contributed by atoms with E-state index in [2.05, 4.69) is 5.32 Å². The molecule has 2 aromatic rings. The van der Waals surface area contributed by atoms with Crippen LogP contribution in [0.4, 0.5) is 5.69 Å². The van der Waals surface area contributed by atoms with Crippen LogP contribution >= 0.6 is 0 Å². The number of benzene rings is 2. The first-order valence-corrected chi connectivity index (χ1v) is 12.7. The van der Waals surface area contributed by atoms with Crippen molar-refractivity contribution in [1.29, 1.82) is 0 Å². The lowest BCUT2D eigenvalue weighted by Crippen LogP contribution is -2.48. The van der Waals surface area contributed by atoms with E-state index >= 15 is 0 Å². The van der Waals surface area contributed by atoms with Crippen molar-refractivity contribution >= 4 is 31.5 Å². The predicted molar refractivity (Wildman–Crippen MR) is 114 cm³/mol. The summed E-state index contributed by atoms with van der Waals surface area (Å²) in [5, 5.41) is 2.80. The maximum absolute atomic E-state index is 12.8. The molecule has 0 saturated heterocycles. The summed E-state index contributed by atoms with van der Waals surface area (Å²) >= 11 is 0. The summed E-state index contributed by atoms with van der Waals surface area (Å²) in [6, 6.07) is 11.7. The summed E-state index contributed by atoms with van der Waals surface area (Å²) in [7, 11) is -7.00. The average molecular weight is 439 g/mol. The minimum atomic E-state index is -3.70. The van der Waals surface area contributed by atoms with Gasteiger partial charge in [0.2, 0.25) is 15.9 Å². The molecule has 2 atom stereocenters. The van der Waals surface area contributed by atoms with Gasteiger partial charge >= 0.3 is 0 Å². The maximum atomic E-state index is 12.8. The number of amides is 1. The average Bonchev–Trinajstić information content (AvgIpc) is 2.60. The Hall–Kier alpha value is -2.39. The van der Waals surface area contributed by atoms with Crippen LogP contribution in [0, 0.1) is 6.92 Å². The molecular weight excluding hydrogens is 412 g/mol. The van der Waals surface area contributed by atoms with Crippen LogP contribution in [0.15, 0.2) is 53.4 Å². The topological polar surface area (TPSA) is 101 Å². The Balaban J connectivity index is 2.23. The summed E-state index contributed by atoms with van der Waals surface area (Å²) in [6.07, 6.45) is 2.19. The molecule has 2 aromatic carbocycles. The van der Waals surface area contributed by atoms with Crippen molar-refractivity contribution < 1.29 is 21.6 Å². The molecule has 0 aliphatic carbocycles. The molecule has 0 aromatic heterocycles. The summed E-state index contributed by atoms with van der Waals surface area (Å²) in [5.41, 5.74) is 2.00. The van der Waals surface area contributed by atoms with Crippen LogP contribution in [0.5, 0.6) is 0 Å². The van der Waals surface area contributed by atoms with E-state index in [1.165, 1.54) is 19.1 Å². The number of nitrogens with zero attached hydrogens (tertiary/aromatic N) is 1. The zero-order valence-electron chi connectivity index (χ0n) is 17.1. The molecule has 1 N–H and O–H groups in total. The largest absolute Gasteiger partial charge is 0.348 e. The van der Waals surface area contributed by atoms with Gasteiger partial charge in [-0.15, -0.1) is 0 Å². The first kappa shape index (κ1) is 22.9. The third kappa shape index (κ3) is 5.80. The zero-order chi connectivity index (χ0) is 22.0. The molecular formula is C20H26N2O5S2. The SMILES string of the molecule is Cc1cccc(N([C@H](C)C(=O)N[C@@H](C)c2ccc(S(C)(=O)=O)cc2)S(C)(=O)=O)c1. The van der Waals surface area contributed by atoms with Crippen molar-refractivity contribution in [2.24, 2.45) is 0 Å². The molecule has 0 aliphatic heterocycles. The van der Waals surface area contributed by atoms with E-state index in [0.717, 1.165) is 22.4 Å². The number of sulfonamides is 1. The molecule has 0 unspecified atom stereocenters. The number of aryl methyl sites for hydroxylation is 1. The predicted octanol–water partition coefficient (Wildman–Crippen LogP) is 2.43. The number of anilines is 1. The number of hydrogen-bond acceptors (Lipinski definition) is 5. The molecule has 0 heterocycles. The number of sulfone groups is 1. The van der Waals surface area contributed by atoms with Gasteiger partial charge in [0.05, 0.1) is 22.9 Å². The highest BCUT2D eigenvalue weighted by molar-refractivity contribution is 7.92. The van der Waals surface area contributed by atoms with E-state index < -0.39 is 37.9 Å². The molecule has 0 bridgehead atoms. The monoisotopic (exact) mass is 438 g/mol. The van der Waals surface area contributed by atoms with E-state index in [4.69, 9.17) is 0 Å². The fourth-order valence-corrected chi connectivity index (χ4v) is 4.79. The first-order chi connectivity index (χ1) is 13.3. The molecule has 0 radical (unpaired) electrons. The minimum absolute atomic E-state index is 0.191. The molecule has 29 heavy (non-hydrogen) atoms. The number of carbonyl (C=O) groups excluding carboxylic acids is 1. The Labute approximate surface area is 172 Å². The summed E-state index contributed by atoms with van der Waals surface area (Å²) in [6.45, 7) is 5.12. The molecule has 1 amide bonds. The van der Waals surface area contributed by atoms with Crippen LogP contribution in [0.3, 0.4) is 0 Å². The highest BCUT2D eigenvalue weighted by atomic mass is 32.2. The van der Waals surface area contributed by atoms with Gasteiger partial charge < -0.3 is 5.32 Å². The van der Waals surface area contributed by atoms with Gasteiger partial charge in [0.15, 0.2) is 9.84 Å². The number of hydrogen-bond donors (Lipinski definition) is 1. The van der Waals surface area contributed by atoms with Gasteiger partial charge in [-0.2, -0.15) is 0 Å². The maximum Gasteiger partial charge on any atom is 0.244 e. The second-order valence-electron chi connectivity index (χ2n) is 7.15. The van der Waals surface area contributed by atoms with Crippen LogP contribution in [0.2, 0.25) is 0 Å². The number of carbonyl (C=O) groups is 1. The molecule has 0 saturated carbocycles. The van der Waals surface area contributed by atoms with Crippen LogP contribution in [-0.2, 0) is 24.7 Å². The molecule has 0 spiro atoms. The second-order valence-corrected chi connectivity index (χ2v) is 11.0. The third-order valence-electron chi connectivity index (χ3n) is 4.51. The molecule has 0 aliphatic rings. The van der Waals surface area contributed by atoms with Gasteiger partial charge in [-0.1, -0.05) is 24.3 Å². The van der Waals surface area contributed by atoms with Crippen LogP contribution in [0.1, 0.15) is 31.0 Å². The summed E-state index contributed by atoms with van der Waals surface area (Å²) in [4.78, 5) is 13.0. The fourth-order valence-electron chi connectivity index (χ4n) is 2.99. The van der Waals surface area contributed by atoms with Gasteiger partial charge in [0, 0.05) is 6.26 Å². The second kappa shape index (κ2) is 8.54. The van der Waals surface area contributed by atoms with Gasteiger partial charge in [0.25, 0.3) is 0 Å². The van der Waals surface area contributed by atoms with Gasteiger partial charge in [0.1, 0.15) is 6.04 Å². The number of rotatable bonds is 7. The van der Waals surface area contributed by atoms with Gasteiger partial charge in [-0.25, -0.2) is 16.8 Å². The summed E-state index contributed by atoms with van der Waals surface area (Å²) in [5.74, 6) is -0.461. The van der Waals surface area contributed by atoms with Gasteiger partial charge in [-0.3, -0.25) is 9.10 Å². The highest BCUT2D eigenvalue weighted by Gasteiger charge is 2.30. The summed E-state index contributed by atoms with van der Waals surface area (Å²) < 4.78 is 49.0. The van der Waals surface area contributed by atoms with Crippen molar-refractivity contribution in [3.05, 3.63) is 59.7 Å². The highest BCUT2D eigenvalue weighted by Crippen LogP contribution is 2.23.